The van der Waals surface area contributed by atoms with E-state index in [1.165, 1.54) is 29.2 Å². The maximum atomic E-state index is 13.1. The summed E-state index contributed by atoms with van der Waals surface area (Å²) in [5.74, 6) is -1.93. The highest BCUT2D eigenvalue weighted by Crippen LogP contribution is 2.42. The first-order valence-electron chi connectivity index (χ1n) is 10.1. The van der Waals surface area contributed by atoms with Crippen molar-refractivity contribution in [1.29, 1.82) is 0 Å². The molecule has 160 valence electrons. The molecule has 0 aliphatic carbocycles. The molecule has 1 heterocycles. The lowest BCUT2D eigenvalue weighted by Crippen LogP contribution is -2.29. The summed E-state index contributed by atoms with van der Waals surface area (Å²) < 4.78 is 0. The van der Waals surface area contributed by atoms with Crippen molar-refractivity contribution in [3.8, 4) is 0 Å². The lowest BCUT2D eigenvalue weighted by molar-refractivity contribution is -0.384. The third-order valence-electron chi connectivity index (χ3n) is 5.53. The summed E-state index contributed by atoms with van der Waals surface area (Å²) in [5, 5.41) is 22.0. The average Bonchev–Trinajstić information content (AvgIpc) is 3.09. The molecule has 1 aliphatic rings. The van der Waals surface area contributed by atoms with Gasteiger partial charge in [-0.15, -0.1) is 0 Å². The first kappa shape index (κ1) is 21.0. The first-order chi connectivity index (χ1) is 15.4. The van der Waals surface area contributed by atoms with E-state index < -0.39 is 22.7 Å². The van der Waals surface area contributed by atoms with Gasteiger partial charge in [0.2, 0.25) is 0 Å². The zero-order valence-corrected chi connectivity index (χ0v) is 17.3. The van der Waals surface area contributed by atoms with Gasteiger partial charge in [0.05, 0.1) is 16.5 Å². The Hall–Kier alpha value is -4.26. The van der Waals surface area contributed by atoms with Gasteiger partial charge in [-0.25, -0.2) is 0 Å². The second-order valence-corrected chi connectivity index (χ2v) is 7.40. The quantitative estimate of drug-likeness (QED) is 0.207. The van der Waals surface area contributed by atoms with Crippen LogP contribution in [0.5, 0.6) is 0 Å². The smallest absolute Gasteiger partial charge is 0.300 e. The molecule has 1 fully saturated rings. The second-order valence-electron chi connectivity index (χ2n) is 7.40. The predicted molar refractivity (Wildman–Crippen MR) is 120 cm³/mol. The van der Waals surface area contributed by atoms with Gasteiger partial charge in [0.15, 0.2) is 0 Å². The highest BCUT2D eigenvalue weighted by Gasteiger charge is 2.46. The molecule has 1 saturated heterocycles. The Morgan fingerprint density at radius 2 is 1.59 bits per heavy atom. The summed E-state index contributed by atoms with van der Waals surface area (Å²) in [5.41, 5.74) is 2.31. The van der Waals surface area contributed by atoms with Crippen molar-refractivity contribution in [2.75, 3.05) is 4.90 Å². The Kier molecular flexibility index (Phi) is 5.55. The van der Waals surface area contributed by atoms with Gasteiger partial charge in [0.1, 0.15) is 5.76 Å². The number of rotatable bonds is 5. The number of aliphatic hydroxyl groups is 1. The van der Waals surface area contributed by atoms with Gasteiger partial charge in [0, 0.05) is 23.4 Å². The molecular formula is C25H20N2O5. The van der Waals surface area contributed by atoms with E-state index in [-0.39, 0.29) is 22.6 Å². The third kappa shape index (κ3) is 3.65. The Labute approximate surface area is 184 Å². The van der Waals surface area contributed by atoms with Crippen LogP contribution in [0.15, 0.2) is 84.4 Å². The highest BCUT2D eigenvalue weighted by atomic mass is 16.6. The number of aryl methyl sites for hydroxylation is 1. The fourth-order valence-electron chi connectivity index (χ4n) is 3.84. The van der Waals surface area contributed by atoms with Crippen molar-refractivity contribution in [2.24, 2.45) is 0 Å². The van der Waals surface area contributed by atoms with Crippen LogP contribution in [-0.4, -0.2) is 21.7 Å². The molecule has 3 aromatic rings. The lowest BCUT2D eigenvalue weighted by Gasteiger charge is -2.25. The molecule has 4 rings (SSSR count). The molecule has 32 heavy (non-hydrogen) atoms. The van der Waals surface area contributed by atoms with E-state index >= 15 is 0 Å². The minimum Gasteiger partial charge on any atom is -0.507 e. The Bertz CT molecular complexity index is 1220. The maximum absolute atomic E-state index is 13.1. The number of carbonyl (C=O) groups is 2. The Balaban J connectivity index is 1.88. The number of amides is 1. The van der Waals surface area contributed by atoms with Crippen LogP contribution in [0.1, 0.15) is 29.7 Å². The topological polar surface area (TPSA) is 101 Å². The van der Waals surface area contributed by atoms with Gasteiger partial charge in [-0.1, -0.05) is 49.4 Å². The van der Waals surface area contributed by atoms with Crippen LogP contribution in [0.2, 0.25) is 0 Å². The van der Waals surface area contributed by atoms with Crippen molar-refractivity contribution in [2.45, 2.75) is 19.4 Å². The number of aliphatic hydroxyl groups excluding tert-OH is 1. The molecule has 7 nitrogen and oxygen atoms in total. The number of non-ortho nitro benzene ring substituents is 1. The van der Waals surface area contributed by atoms with E-state index in [1.807, 2.05) is 25.1 Å². The molecule has 7 heteroatoms. The summed E-state index contributed by atoms with van der Waals surface area (Å²) in [7, 11) is 0. The number of benzene rings is 3. The van der Waals surface area contributed by atoms with Crippen LogP contribution in [0, 0.1) is 10.1 Å². The Morgan fingerprint density at radius 3 is 2.16 bits per heavy atom. The molecule has 1 amide bonds. The zero-order valence-electron chi connectivity index (χ0n) is 17.3. The molecule has 3 aromatic carbocycles. The molecule has 1 aliphatic heterocycles. The lowest BCUT2D eigenvalue weighted by atomic mass is 9.95. The van der Waals surface area contributed by atoms with Crippen LogP contribution in [0.4, 0.5) is 11.4 Å². The van der Waals surface area contributed by atoms with Gasteiger partial charge in [-0.2, -0.15) is 0 Å². The second kappa shape index (κ2) is 8.47. The number of ketones is 1. The van der Waals surface area contributed by atoms with Crippen molar-refractivity contribution >= 4 is 28.8 Å². The van der Waals surface area contributed by atoms with Crippen molar-refractivity contribution in [3.05, 3.63) is 111 Å². The van der Waals surface area contributed by atoms with Crippen molar-refractivity contribution in [3.63, 3.8) is 0 Å². The number of nitrogens with zero attached hydrogens (tertiary/aromatic N) is 2. The van der Waals surface area contributed by atoms with E-state index in [0.29, 0.717) is 11.3 Å². The van der Waals surface area contributed by atoms with Crippen molar-refractivity contribution < 1.29 is 19.6 Å². The fourth-order valence-corrected chi connectivity index (χ4v) is 3.84. The van der Waals surface area contributed by atoms with Crippen LogP contribution < -0.4 is 4.90 Å². The summed E-state index contributed by atoms with van der Waals surface area (Å²) in [4.78, 5) is 37.9. The van der Waals surface area contributed by atoms with Gasteiger partial charge < -0.3 is 5.11 Å². The van der Waals surface area contributed by atoms with E-state index in [9.17, 15) is 24.8 Å². The van der Waals surface area contributed by atoms with Crippen LogP contribution >= 0.6 is 0 Å². The van der Waals surface area contributed by atoms with Gasteiger partial charge in [0.25, 0.3) is 17.4 Å². The summed E-state index contributed by atoms with van der Waals surface area (Å²) in [6.07, 6.45) is 0.835. The number of hydrogen-bond acceptors (Lipinski definition) is 5. The largest absolute Gasteiger partial charge is 0.507 e. The number of Topliss-reactive ketones (excluding diaryl/α,β-unsaturated/α-hetero) is 1. The molecule has 1 atom stereocenters. The molecule has 0 radical (unpaired) electrons. The number of anilines is 1. The third-order valence-corrected chi connectivity index (χ3v) is 5.53. The normalized spacial score (nSPS) is 17.5. The monoisotopic (exact) mass is 428 g/mol. The molecular weight excluding hydrogens is 408 g/mol. The molecule has 0 saturated carbocycles. The first-order valence-corrected chi connectivity index (χ1v) is 10.1. The van der Waals surface area contributed by atoms with Crippen molar-refractivity contribution in [1.82, 2.24) is 0 Å². The van der Waals surface area contributed by atoms with Gasteiger partial charge in [-0.3, -0.25) is 24.6 Å². The highest BCUT2D eigenvalue weighted by molar-refractivity contribution is 6.51. The molecule has 0 aromatic heterocycles. The van der Waals surface area contributed by atoms with Crippen LogP contribution in [-0.2, 0) is 16.0 Å². The number of nitro groups is 1. The van der Waals surface area contributed by atoms with E-state index in [4.69, 9.17) is 0 Å². The molecule has 1 unspecified atom stereocenters. The number of carbonyl (C=O) groups excluding carboxylic acids is 2. The molecule has 0 bridgehead atoms. The average molecular weight is 428 g/mol. The Morgan fingerprint density at radius 1 is 0.969 bits per heavy atom. The molecule has 0 spiro atoms. The van der Waals surface area contributed by atoms with E-state index in [1.54, 1.807) is 36.4 Å². The SMILES string of the molecule is CCc1ccc(N2C(=O)C(=O)/C(=C(\O)c3ccc([N+](=O)[O-])cc3)C2c2ccccc2)cc1. The van der Waals surface area contributed by atoms with Gasteiger partial charge in [-0.05, 0) is 41.8 Å². The van der Waals surface area contributed by atoms with E-state index in [0.717, 1.165) is 12.0 Å². The number of hydrogen-bond donors (Lipinski definition) is 1. The number of nitro benzene ring substituents is 1. The minimum absolute atomic E-state index is 0.0605. The predicted octanol–water partition coefficient (Wildman–Crippen LogP) is 4.78. The standard InChI is InChI=1S/C25H20N2O5/c1-2-16-8-12-19(13-9-16)26-22(17-6-4-3-5-7-17)21(24(29)25(26)30)23(28)18-10-14-20(15-11-18)27(31)32/h3-15,22,28H,2H2,1H3/b23-21-. The zero-order chi connectivity index (χ0) is 22.8. The summed E-state index contributed by atoms with van der Waals surface area (Å²) in [6.45, 7) is 2.02. The van der Waals surface area contributed by atoms with Crippen LogP contribution in [0.25, 0.3) is 5.76 Å². The molecule has 1 N–H and O–H groups in total. The summed E-state index contributed by atoms with van der Waals surface area (Å²) >= 11 is 0. The minimum atomic E-state index is -0.834. The van der Waals surface area contributed by atoms with Crippen LogP contribution in [0.3, 0.4) is 0 Å². The maximum Gasteiger partial charge on any atom is 0.300 e. The van der Waals surface area contributed by atoms with E-state index in [2.05, 4.69) is 0 Å². The van der Waals surface area contributed by atoms with Gasteiger partial charge >= 0.3 is 0 Å². The summed E-state index contributed by atoms with van der Waals surface area (Å²) in [6, 6.07) is 20.7. The fraction of sp³-hybridized carbons (Fsp3) is 0.120.